The van der Waals surface area contributed by atoms with Gasteiger partial charge in [0.2, 0.25) is 0 Å². The molecule has 14 aromatic carbocycles. The average molecular weight is 1590 g/mol. The van der Waals surface area contributed by atoms with Crippen molar-refractivity contribution in [1.29, 1.82) is 0 Å². The standard InChI is InChI=1S/C119H130N2/c1-19-79-43-80(20-2)52-95(51-79)103-67-104(96-53-81(21-3)44-82(22-4)54-96)72-115(71-103)120(116-73-105(97-55-83(23-5)45-84(24-6)56-97)68-106(74-116)98-57-85(25-7)46-86(26-8)58-98)113-39-35-111(36-40-113)119(17,18)112-37-41-114(42-38-112)121(117-75-107(99-59-87(27-9)47-88(28-10)60-99)69-108(76-117)100-61-89(29-11)48-90(30-12)62-100)118-77-109(101-63-91(31-13)49-92(32-14)64-101)70-110(78-118)102-65-93(33-15)50-94(34-16)66-102/h35-78H,19-34H2,1-18H3. The van der Waals surface area contributed by atoms with Crippen LogP contribution in [0.4, 0.5) is 34.1 Å². The Labute approximate surface area is 727 Å². The third-order valence-electron chi connectivity index (χ3n) is 26.0. The lowest BCUT2D eigenvalue weighted by Crippen LogP contribution is -2.19. The fourth-order valence-electron chi connectivity index (χ4n) is 18.1. The zero-order valence-corrected chi connectivity index (χ0v) is 76.1. The quantitative estimate of drug-likeness (QED) is 0.0415. The summed E-state index contributed by atoms with van der Waals surface area (Å²) in [4.78, 5) is 5.17. The minimum Gasteiger partial charge on any atom is -0.310 e. The summed E-state index contributed by atoms with van der Waals surface area (Å²) >= 11 is 0. The molecule has 0 atom stereocenters. The van der Waals surface area contributed by atoms with Crippen molar-refractivity contribution in [2.75, 3.05) is 9.80 Å². The summed E-state index contributed by atoms with van der Waals surface area (Å²) in [5, 5.41) is 0. The van der Waals surface area contributed by atoms with E-state index in [0.717, 1.165) is 137 Å². The fraction of sp³-hybridized carbons (Fsp3) is 0.294. The van der Waals surface area contributed by atoms with Crippen molar-refractivity contribution < 1.29 is 0 Å². The van der Waals surface area contributed by atoms with Gasteiger partial charge in [-0.3, -0.25) is 0 Å². The maximum atomic E-state index is 2.59. The summed E-state index contributed by atoms with van der Waals surface area (Å²) in [7, 11) is 0. The molecule has 121 heavy (non-hydrogen) atoms. The first-order chi connectivity index (χ1) is 58.7. The molecule has 0 unspecified atom stereocenters. The Bertz CT molecular complexity index is 4860. The molecule has 0 spiro atoms. The zero-order chi connectivity index (χ0) is 85.2. The van der Waals surface area contributed by atoms with E-state index in [2.05, 4.69) is 401 Å². The van der Waals surface area contributed by atoms with Crippen LogP contribution < -0.4 is 9.80 Å². The number of rotatable bonds is 32. The molecule has 616 valence electrons. The molecule has 0 fully saturated rings. The molecule has 0 saturated carbocycles. The molecule has 0 amide bonds. The molecule has 0 saturated heterocycles. The Morgan fingerprint density at radius 1 is 0.140 bits per heavy atom. The normalized spacial score (nSPS) is 11.6. The van der Waals surface area contributed by atoms with E-state index in [-0.39, 0.29) is 0 Å². The zero-order valence-electron chi connectivity index (χ0n) is 76.1. The molecule has 14 aromatic rings. The summed E-state index contributed by atoms with van der Waals surface area (Å²) in [5.74, 6) is 0. The summed E-state index contributed by atoms with van der Waals surface area (Å²) in [6.07, 6.45) is 15.5. The van der Waals surface area contributed by atoms with Gasteiger partial charge in [-0.25, -0.2) is 0 Å². The molecule has 0 aliphatic rings. The van der Waals surface area contributed by atoms with Crippen molar-refractivity contribution in [2.24, 2.45) is 0 Å². The van der Waals surface area contributed by atoms with Crippen LogP contribution in [0.5, 0.6) is 0 Å². The van der Waals surface area contributed by atoms with E-state index in [1.807, 2.05) is 0 Å². The summed E-state index contributed by atoms with van der Waals surface area (Å²) in [6, 6.07) is 108. The van der Waals surface area contributed by atoms with E-state index < -0.39 is 5.41 Å². The van der Waals surface area contributed by atoms with Crippen LogP contribution >= 0.6 is 0 Å². The first kappa shape index (κ1) is 86.1. The van der Waals surface area contributed by atoms with Crippen molar-refractivity contribution in [3.05, 3.63) is 367 Å². The lowest BCUT2D eigenvalue weighted by atomic mass is 9.78. The Balaban J connectivity index is 0.984. The molecule has 0 heterocycles. The van der Waals surface area contributed by atoms with Crippen LogP contribution in [0.25, 0.3) is 89.0 Å². The lowest BCUT2D eigenvalue weighted by Gasteiger charge is -2.31. The highest BCUT2D eigenvalue weighted by Crippen LogP contribution is 2.49. The summed E-state index contributed by atoms with van der Waals surface area (Å²) in [6.45, 7) is 41.5. The number of hydrogen-bond donors (Lipinski definition) is 0. The van der Waals surface area contributed by atoms with Gasteiger partial charge in [0, 0.05) is 39.5 Å². The van der Waals surface area contributed by atoms with Crippen molar-refractivity contribution in [2.45, 2.75) is 233 Å². The number of aryl methyl sites for hydroxylation is 16. The monoisotopic (exact) mass is 1590 g/mol. The van der Waals surface area contributed by atoms with Crippen molar-refractivity contribution in [1.82, 2.24) is 0 Å². The second-order valence-corrected chi connectivity index (χ2v) is 34.4. The third-order valence-corrected chi connectivity index (χ3v) is 26.0. The average Bonchev–Trinajstić information content (AvgIpc) is 0.764. The van der Waals surface area contributed by atoms with E-state index in [1.165, 1.54) is 189 Å². The Hall–Kier alpha value is -11.3. The first-order valence-corrected chi connectivity index (χ1v) is 46.2. The van der Waals surface area contributed by atoms with Gasteiger partial charge in [-0.15, -0.1) is 0 Å². The number of benzene rings is 14. The number of anilines is 6. The van der Waals surface area contributed by atoms with Crippen LogP contribution in [0.1, 0.15) is 225 Å². The van der Waals surface area contributed by atoms with Gasteiger partial charge in [0.15, 0.2) is 0 Å². The van der Waals surface area contributed by atoms with Crippen LogP contribution in [0.15, 0.2) is 267 Å². The topological polar surface area (TPSA) is 6.48 Å². The number of hydrogen-bond acceptors (Lipinski definition) is 2. The van der Waals surface area contributed by atoms with Crippen molar-refractivity contribution in [3.8, 4) is 89.0 Å². The van der Waals surface area contributed by atoms with Gasteiger partial charge in [-0.2, -0.15) is 0 Å². The molecule has 2 heteroatoms. The molecule has 0 aromatic heterocycles. The second-order valence-electron chi connectivity index (χ2n) is 34.4. The largest absolute Gasteiger partial charge is 0.310 e. The highest BCUT2D eigenvalue weighted by atomic mass is 15.1. The Morgan fingerprint density at radius 3 is 0.372 bits per heavy atom. The van der Waals surface area contributed by atoms with Crippen LogP contribution in [-0.4, -0.2) is 0 Å². The van der Waals surface area contributed by atoms with E-state index in [0.29, 0.717) is 0 Å². The van der Waals surface area contributed by atoms with Crippen molar-refractivity contribution >= 4 is 34.1 Å². The van der Waals surface area contributed by atoms with Gasteiger partial charge in [0.25, 0.3) is 0 Å². The second kappa shape index (κ2) is 38.6. The van der Waals surface area contributed by atoms with Gasteiger partial charge >= 0.3 is 0 Å². The molecular weight excluding hydrogens is 1460 g/mol. The van der Waals surface area contributed by atoms with Gasteiger partial charge < -0.3 is 9.80 Å². The summed E-state index contributed by atoms with van der Waals surface area (Å²) in [5.41, 5.74) is 50.2. The summed E-state index contributed by atoms with van der Waals surface area (Å²) < 4.78 is 0. The minimum atomic E-state index is -0.427. The van der Waals surface area contributed by atoms with Crippen LogP contribution in [0.2, 0.25) is 0 Å². The van der Waals surface area contributed by atoms with Gasteiger partial charge in [0.05, 0.1) is 0 Å². The molecule has 0 aliphatic carbocycles. The highest BCUT2D eigenvalue weighted by molar-refractivity contribution is 5.92. The molecule has 2 nitrogen and oxygen atoms in total. The first-order valence-electron chi connectivity index (χ1n) is 46.2. The highest BCUT2D eigenvalue weighted by Gasteiger charge is 2.28. The Kier molecular flexibility index (Phi) is 27.5. The van der Waals surface area contributed by atoms with E-state index in [9.17, 15) is 0 Å². The number of nitrogens with zero attached hydrogens (tertiary/aromatic N) is 2. The van der Waals surface area contributed by atoms with E-state index in [1.54, 1.807) is 0 Å². The van der Waals surface area contributed by atoms with Gasteiger partial charge in [-0.05, 0) is 389 Å². The smallest absolute Gasteiger partial charge is 0.0473 e. The van der Waals surface area contributed by atoms with Crippen molar-refractivity contribution in [3.63, 3.8) is 0 Å². The molecule has 14 rings (SSSR count). The SMILES string of the molecule is CCc1cc(CC)cc(-c2cc(-c3cc(CC)cc(CC)c3)cc(N(c3ccc(C(C)(C)c4ccc(N(c5cc(-c6cc(CC)cc(CC)c6)cc(-c6cc(CC)cc(CC)c6)c5)c5cc(-c6cc(CC)cc(CC)c6)cc(-c6cc(CC)cc(CC)c6)c5)cc4)cc3)c3cc(-c4cc(CC)cc(CC)c4)cc(-c4cc(CC)cc(CC)c4)c3)c2)c1. The maximum absolute atomic E-state index is 2.59. The van der Waals surface area contributed by atoms with Crippen LogP contribution in [0, 0.1) is 0 Å². The lowest BCUT2D eigenvalue weighted by molar-refractivity contribution is 0.641. The predicted octanol–water partition coefficient (Wildman–Crippen LogP) is 33.3. The van der Waals surface area contributed by atoms with E-state index in [4.69, 9.17) is 0 Å². The molecule has 0 N–H and O–H groups in total. The molecular formula is C119H130N2. The van der Waals surface area contributed by atoms with Crippen LogP contribution in [0.3, 0.4) is 0 Å². The van der Waals surface area contributed by atoms with E-state index >= 15 is 0 Å². The molecule has 0 aliphatic heterocycles. The molecule has 0 bridgehead atoms. The molecule has 0 radical (unpaired) electrons. The van der Waals surface area contributed by atoms with Gasteiger partial charge in [-0.1, -0.05) is 294 Å². The maximum Gasteiger partial charge on any atom is 0.0473 e. The third kappa shape index (κ3) is 19.4. The van der Waals surface area contributed by atoms with Gasteiger partial charge in [0.1, 0.15) is 0 Å². The minimum absolute atomic E-state index is 0.427. The predicted molar refractivity (Wildman–Crippen MR) is 528 cm³/mol. The fourth-order valence-corrected chi connectivity index (χ4v) is 18.1. The Morgan fingerprint density at radius 2 is 0.256 bits per heavy atom. The van der Waals surface area contributed by atoms with Crippen LogP contribution in [-0.2, 0) is 108 Å².